The van der Waals surface area contributed by atoms with Crippen LogP contribution in [0.15, 0.2) is 48.5 Å². The summed E-state index contributed by atoms with van der Waals surface area (Å²) < 4.78 is 24.4. The van der Waals surface area contributed by atoms with Crippen molar-refractivity contribution in [2.24, 2.45) is 24.6 Å². The van der Waals surface area contributed by atoms with E-state index in [2.05, 4.69) is 10.6 Å². The van der Waals surface area contributed by atoms with E-state index in [1.165, 1.54) is 18.9 Å². The predicted octanol–water partition coefficient (Wildman–Crippen LogP) is 4.96. The van der Waals surface area contributed by atoms with E-state index in [-0.39, 0.29) is 23.7 Å². The Morgan fingerprint density at radius 1 is 1.07 bits per heavy atom. The molecule has 3 aliphatic rings. The van der Waals surface area contributed by atoms with Crippen molar-refractivity contribution in [2.45, 2.75) is 44.3 Å². The number of fused-ring (bicyclic) bond motifs is 4. The first-order chi connectivity index (χ1) is 20.8. The number of imidazole rings is 1. The number of rotatable bonds is 6. The van der Waals surface area contributed by atoms with Gasteiger partial charge in [-0.3, -0.25) is 4.79 Å². The minimum atomic E-state index is -0.458. The van der Waals surface area contributed by atoms with Crippen LogP contribution < -0.4 is 16.2 Å². The van der Waals surface area contributed by atoms with Gasteiger partial charge in [0, 0.05) is 48.7 Å². The van der Waals surface area contributed by atoms with Crippen molar-refractivity contribution in [1.82, 2.24) is 24.0 Å². The van der Waals surface area contributed by atoms with Gasteiger partial charge >= 0.3 is 0 Å². The van der Waals surface area contributed by atoms with Gasteiger partial charge in [-0.1, -0.05) is 6.07 Å². The quantitative estimate of drug-likeness (QED) is 0.275. The molecule has 3 fully saturated rings. The molecule has 2 aliphatic carbocycles. The molecular weight excluding hydrogens is 545 g/mol. The summed E-state index contributed by atoms with van der Waals surface area (Å²) >= 11 is 0. The predicted molar refractivity (Wildman–Crippen MR) is 164 cm³/mol. The Morgan fingerprint density at radius 2 is 1.91 bits per heavy atom. The van der Waals surface area contributed by atoms with E-state index in [1.807, 2.05) is 40.8 Å². The number of hydrogen-bond acceptors (Lipinski definition) is 6. The molecule has 8 rings (SSSR count). The highest BCUT2D eigenvalue weighted by Gasteiger charge is 2.47. The summed E-state index contributed by atoms with van der Waals surface area (Å²) in [6.45, 7) is 1.52. The number of likely N-dealkylation sites (tertiary alicyclic amines) is 1. The van der Waals surface area contributed by atoms with Crippen molar-refractivity contribution in [1.29, 1.82) is 0 Å². The number of anilines is 1. The lowest BCUT2D eigenvalue weighted by molar-refractivity contribution is 0.0700. The lowest BCUT2D eigenvalue weighted by Gasteiger charge is -2.27. The average Bonchev–Trinajstić information content (AvgIpc) is 3.42. The van der Waals surface area contributed by atoms with E-state index in [0.717, 1.165) is 47.5 Å². The van der Waals surface area contributed by atoms with Crippen LogP contribution in [0.5, 0.6) is 5.75 Å². The molecule has 4 N–H and O–H groups in total. The number of carbonyl (C=O) groups is 1. The van der Waals surface area contributed by atoms with Gasteiger partial charge in [0.2, 0.25) is 0 Å². The molecule has 2 unspecified atom stereocenters. The van der Waals surface area contributed by atoms with Gasteiger partial charge in [-0.15, -0.1) is 0 Å². The van der Waals surface area contributed by atoms with Crippen LogP contribution in [-0.4, -0.2) is 55.6 Å². The van der Waals surface area contributed by atoms with Gasteiger partial charge in [-0.05, 0) is 80.0 Å². The third-order valence-electron chi connectivity index (χ3n) is 9.72. The van der Waals surface area contributed by atoms with Gasteiger partial charge < -0.3 is 30.2 Å². The highest BCUT2D eigenvalue weighted by atomic mass is 19.1. The summed E-state index contributed by atoms with van der Waals surface area (Å²) in [6, 6.07) is 14.7. The summed E-state index contributed by atoms with van der Waals surface area (Å²) in [4.78, 5) is 25.7. The summed E-state index contributed by atoms with van der Waals surface area (Å²) in [7, 11) is 3.60. The molecule has 2 bridgehead atoms. The van der Waals surface area contributed by atoms with Crippen LogP contribution >= 0.6 is 0 Å². The first-order valence-electron chi connectivity index (χ1n) is 15.0. The normalized spacial score (nSPS) is 21.4. The molecule has 3 aromatic heterocycles. The van der Waals surface area contributed by atoms with Gasteiger partial charge in [0.15, 0.2) is 5.82 Å². The fourth-order valence-electron chi connectivity index (χ4n) is 7.17. The highest BCUT2D eigenvalue weighted by Crippen LogP contribution is 2.40. The Hall–Kier alpha value is -4.44. The Morgan fingerprint density at radius 3 is 2.60 bits per heavy atom. The van der Waals surface area contributed by atoms with Gasteiger partial charge in [0.1, 0.15) is 22.7 Å². The molecular formula is C33H34FN7O2. The zero-order valence-electron chi connectivity index (χ0n) is 24.3. The van der Waals surface area contributed by atoms with Gasteiger partial charge in [0.05, 0.1) is 29.7 Å². The smallest absolute Gasteiger partial charge is 0.254 e. The summed E-state index contributed by atoms with van der Waals surface area (Å²) in [5.74, 6) is 1.84. The van der Waals surface area contributed by atoms with Gasteiger partial charge in [0.25, 0.3) is 5.91 Å². The van der Waals surface area contributed by atoms with E-state index in [4.69, 9.17) is 26.2 Å². The number of nitrogens with zero attached hydrogens (tertiary/aromatic N) is 5. The number of piperidine rings is 1. The second-order valence-corrected chi connectivity index (χ2v) is 12.4. The Balaban J connectivity index is 1.24. The second kappa shape index (κ2) is 9.54. The number of carbonyl (C=O) groups excluding carboxylic acids is 1. The maximum Gasteiger partial charge on any atom is 0.254 e. The third kappa shape index (κ3) is 4.11. The minimum absolute atomic E-state index is 0.0197. The third-order valence-corrected chi connectivity index (χ3v) is 9.72. The molecule has 9 nitrogen and oxygen atoms in total. The van der Waals surface area contributed by atoms with Crippen LogP contribution in [0.1, 0.15) is 36.0 Å². The number of halogens is 1. The zero-order chi connectivity index (χ0) is 29.6. The molecule has 0 radical (unpaired) electrons. The van der Waals surface area contributed by atoms with Crippen LogP contribution in [0.2, 0.25) is 0 Å². The van der Waals surface area contributed by atoms with Crippen molar-refractivity contribution >= 4 is 33.7 Å². The van der Waals surface area contributed by atoms with Crippen LogP contribution in [0.3, 0.4) is 0 Å². The fourth-order valence-corrected chi connectivity index (χ4v) is 7.17. The molecule has 10 heteroatoms. The van der Waals surface area contributed by atoms with E-state index in [9.17, 15) is 9.18 Å². The fraction of sp³-hybridized carbons (Fsp3) is 0.364. The summed E-state index contributed by atoms with van der Waals surface area (Å²) in [6.07, 6.45) is 4.39. The van der Waals surface area contributed by atoms with E-state index >= 15 is 0 Å². The van der Waals surface area contributed by atoms with Crippen molar-refractivity contribution in [3.05, 3.63) is 59.9 Å². The monoisotopic (exact) mass is 579 g/mol. The number of benzene rings is 2. The molecule has 5 aromatic rings. The Bertz CT molecular complexity index is 1940. The molecule has 220 valence electrons. The maximum atomic E-state index is 14.3. The molecule has 43 heavy (non-hydrogen) atoms. The zero-order valence-corrected chi connectivity index (χ0v) is 24.3. The van der Waals surface area contributed by atoms with E-state index in [1.54, 1.807) is 19.2 Å². The largest absolute Gasteiger partial charge is 0.494 e. The van der Waals surface area contributed by atoms with Crippen LogP contribution in [0.4, 0.5) is 10.1 Å². The Kier molecular flexibility index (Phi) is 5.81. The molecule has 3 atom stereocenters. The molecule has 1 amide bonds. The van der Waals surface area contributed by atoms with Crippen molar-refractivity contribution in [3.63, 3.8) is 0 Å². The van der Waals surface area contributed by atoms with E-state index in [0.29, 0.717) is 46.5 Å². The molecule has 1 aliphatic heterocycles. The van der Waals surface area contributed by atoms with Crippen molar-refractivity contribution < 1.29 is 13.9 Å². The van der Waals surface area contributed by atoms with Crippen molar-refractivity contribution in [2.75, 3.05) is 19.4 Å². The summed E-state index contributed by atoms with van der Waals surface area (Å²) in [5.41, 5.74) is 17.4. The number of hydrogen-bond donors (Lipinski definition) is 2. The van der Waals surface area contributed by atoms with Gasteiger partial charge in [-0.25, -0.2) is 14.4 Å². The number of amides is 1. The van der Waals surface area contributed by atoms with E-state index < -0.39 is 5.82 Å². The highest BCUT2D eigenvalue weighted by molar-refractivity contribution is 6.00. The van der Waals surface area contributed by atoms with Crippen LogP contribution in [-0.2, 0) is 13.6 Å². The van der Waals surface area contributed by atoms with Gasteiger partial charge in [-0.2, -0.15) is 0 Å². The first kappa shape index (κ1) is 26.2. The number of pyridine rings is 1. The average molecular weight is 580 g/mol. The standard InChI is InChI=1S/C33H34FN7O2/c1-39-30-25(12-21(14-28(30)43-2)33(42)41-16-20-7-10-26(41)29(20)36)38-32(39)27-13-19-6-9-24(18-5-8-23(35)22(34)11-18)37-31(19)40(27)15-17-3-4-17/h5-6,8-9,11-14,17,20,26,29H,3-4,7,10,15-16,35-36H2,1-2H3/t20?,26?,29-/m1/s1. The number of nitrogen functional groups attached to an aromatic ring is 1. The minimum Gasteiger partial charge on any atom is -0.494 e. The summed E-state index contributed by atoms with van der Waals surface area (Å²) in [5, 5.41) is 0.977. The Labute approximate surface area is 248 Å². The number of aromatic nitrogens is 4. The number of methoxy groups -OCH3 is 1. The molecule has 1 saturated heterocycles. The van der Waals surface area contributed by atoms with Crippen molar-refractivity contribution in [3.8, 4) is 28.5 Å². The SMILES string of the molecule is COc1cc(C(=O)N2CC3CCC2[C@@H]3N)cc2nc(-c3cc4ccc(-c5ccc(N)c(F)c5)nc4n3CC3CC3)n(C)c12. The lowest BCUT2D eigenvalue weighted by atomic mass is 10.1. The first-order valence-corrected chi connectivity index (χ1v) is 15.0. The topological polar surface area (TPSA) is 117 Å². The lowest BCUT2D eigenvalue weighted by Crippen LogP contribution is -2.41. The maximum absolute atomic E-state index is 14.3. The second-order valence-electron chi connectivity index (χ2n) is 12.4. The molecule has 4 heterocycles. The van der Waals surface area contributed by atoms with Crippen LogP contribution in [0.25, 0.3) is 44.8 Å². The molecule has 2 saturated carbocycles. The van der Waals surface area contributed by atoms with Crippen LogP contribution in [0, 0.1) is 17.7 Å². The molecule has 0 spiro atoms. The number of aryl methyl sites for hydroxylation is 1. The number of ether oxygens (including phenoxy) is 1. The number of nitrogens with two attached hydrogens (primary N) is 2. The molecule has 2 aromatic carbocycles.